The van der Waals surface area contributed by atoms with Crippen LogP contribution in [0.3, 0.4) is 0 Å². The van der Waals surface area contributed by atoms with Gasteiger partial charge in [0.25, 0.3) is 0 Å². The van der Waals surface area contributed by atoms with Crippen molar-refractivity contribution in [3.8, 4) is 5.75 Å². The van der Waals surface area contributed by atoms with Crippen molar-refractivity contribution >= 4 is 11.6 Å². The van der Waals surface area contributed by atoms with Gasteiger partial charge >= 0.3 is 0 Å². The molecule has 3 nitrogen and oxygen atoms in total. The van der Waals surface area contributed by atoms with Crippen LogP contribution >= 0.6 is 11.6 Å². The van der Waals surface area contributed by atoms with Gasteiger partial charge in [0.15, 0.2) is 0 Å². The van der Waals surface area contributed by atoms with Crippen LogP contribution in [0.1, 0.15) is 28.6 Å². The number of rotatable bonds is 2. The second-order valence-electron chi connectivity index (χ2n) is 4.47. The van der Waals surface area contributed by atoms with Gasteiger partial charge in [-0.3, -0.25) is 0 Å². The Bertz CT molecular complexity index is 589. The molecular weight excluding hydrogens is 252 g/mol. The molecule has 1 unspecified atom stereocenters. The average molecular weight is 265 g/mol. The molecule has 0 spiro atoms. The third-order valence-electron chi connectivity index (χ3n) is 3.14. The van der Waals surface area contributed by atoms with Crippen LogP contribution in [-0.2, 0) is 6.42 Å². The van der Waals surface area contributed by atoms with Crippen LogP contribution < -0.4 is 4.74 Å². The molecule has 2 aromatic rings. The molecule has 1 aliphatic rings. The number of hydrogen-bond acceptors (Lipinski definition) is 3. The summed E-state index contributed by atoms with van der Waals surface area (Å²) in [5, 5.41) is 11.0. The van der Waals surface area contributed by atoms with Crippen LogP contribution in [0.5, 0.6) is 5.75 Å². The van der Waals surface area contributed by atoms with Gasteiger partial charge in [-0.1, -0.05) is 11.6 Å². The van der Waals surface area contributed by atoms with Crippen LogP contribution in [-0.4, -0.2) is 11.7 Å². The summed E-state index contributed by atoms with van der Waals surface area (Å²) in [6, 6.07) is 5.45. The van der Waals surface area contributed by atoms with Gasteiger partial charge in [-0.25, -0.2) is 0 Å². The van der Waals surface area contributed by atoms with Gasteiger partial charge in [-0.15, -0.1) is 0 Å². The van der Waals surface area contributed by atoms with Crippen LogP contribution in [0.25, 0.3) is 0 Å². The van der Waals surface area contributed by atoms with Gasteiger partial charge < -0.3 is 14.3 Å². The summed E-state index contributed by atoms with van der Waals surface area (Å²) < 4.78 is 10.8. The van der Waals surface area contributed by atoms with Gasteiger partial charge in [0.05, 0.1) is 12.9 Å². The summed E-state index contributed by atoms with van der Waals surface area (Å²) in [5.41, 5.74) is 2.47. The molecule has 18 heavy (non-hydrogen) atoms. The predicted octanol–water partition coefficient (Wildman–Crippen LogP) is 3.26. The highest BCUT2D eigenvalue weighted by atomic mass is 35.5. The number of fused-ring (bicyclic) bond motifs is 1. The molecule has 1 aliphatic heterocycles. The van der Waals surface area contributed by atoms with E-state index in [2.05, 4.69) is 0 Å². The van der Waals surface area contributed by atoms with Crippen LogP contribution in [0, 0.1) is 6.92 Å². The molecule has 1 aromatic heterocycles. The number of furan rings is 1. The molecule has 1 atom stereocenters. The zero-order valence-corrected chi connectivity index (χ0v) is 10.7. The Morgan fingerprint density at radius 1 is 1.33 bits per heavy atom. The van der Waals surface area contributed by atoms with Crippen LogP contribution in [0.4, 0.5) is 0 Å². The van der Waals surface area contributed by atoms with Gasteiger partial charge in [-0.2, -0.15) is 0 Å². The Balaban J connectivity index is 2.06. The molecule has 94 valence electrons. The summed E-state index contributed by atoms with van der Waals surface area (Å²) in [4.78, 5) is 0. The van der Waals surface area contributed by atoms with Crippen LogP contribution in [0.15, 0.2) is 28.9 Å². The lowest BCUT2D eigenvalue weighted by atomic mass is 10.00. The monoisotopic (exact) mass is 264 g/mol. The Labute approximate surface area is 110 Å². The molecule has 0 radical (unpaired) electrons. The van der Waals surface area contributed by atoms with Crippen molar-refractivity contribution in [2.45, 2.75) is 19.4 Å². The first-order chi connectivity index (χ1) is 8.65. The summed E-state index contributed by atoms with van der Waals surface area (Å²) in [6.45, 7) is 2.48. The highest BCUT2D eigenvalue weighted by molar-refractivity contribution is 6.30. The van der Waals surface area contributed by atoms with Crippen LogP contribution in [0.2, 0.25) is 5.02 Å². The van der Waals surface area contributed by atoms with Gasteiger partial charge in [0.2, 0.25) is 0 Å². The fraction of sp³-hybridized carbons (Fsp3) is 0.286. The zero-order chi connectivity index (χ0) is 12.7. The zero-order valence-electron chi connectivity index (χ0n) is 9.94. The second kappa shape index (κ2) is 4.34. The van der Waals surface area contributed by atoms with Crippen molar-refractivity contribution in [1.29, 1.82) is 0 Å². The first-order valence-electron chi connectivity index (χ1n) is 5.83. The maximum atomic E-state index is 10.4. The molecule has 0 saturated heterocycles. The number of aliphatic hydroxyl groups excluding tert-OH is 1. The third kappa shape index (κ3) is 1.89. The van der Waals surface area contributed by atoms with Gasteiger partial charge in [0, 0.05) is 22.6 Å². The highest BCUT2D eigenvalue weighted by Crippen LogP contribution is 2.38. The third-order valence-corrected chi connectivity index (χ3v) is 3.36. The SMILES string of the molecule is Cc1cc(C(O)c2cc(Cl)cc3c2OCC3)co1. The van der Waals surface area contributed by atoms with E-state index in [-0.39, 0.29) is 0 Å². The van der Waals surface area contributed by atoms with E-state index in [0.717, 1.165) is 23.5 Å². The summed E-state index contributed by atoms with van der Waals surface area (Å²) >= 11 is 6.08. The van der Waals surface area contributed by atoms with Gasteiger partial charge in [0.1, 0.15) is 17.6 Å². The molecule has 2 heterocycles. The standard InChI is InChI=1S/C14H13ClO3/c1-8-4-10(7-18-8)13(16)12-6-11(15)5-9-2-3-17-14(9)12/h4-7,13,16H,2-3H2,1H3. The summed E-state index contributed by atoms with van der Waals surface area (Å²) in [6.07, 6.45) is 1.62. The number of halogens is 1. The minimum Gasteiger partial charge on any atom is -0.493 e. The largest absolute Gasteiger partial charge is 0.493 e. The number of aliphatic hydroxyl groups is 1. The van der Waals surface area contributed by atoms with Crippen molar-refractivity contribution in [2.24, 2.45) is 0 Å². The van der Waals surface area contributed by atoms with E-state index in [1.54, 1.807) is 12.3 Å². The van der Waals surface area contributed by atoms with E-state index in [0.29, 0.717) is 22.8 Å². The minimum atomic E-state index is -0.770. The quantitative estimate of drug-likeness (QED) is 0.905. The molecular formula is C14H13ClO3. The topological polar surface area (TPSA) is 42.6 Å². The van der Waals surface area contributed by atoms with E-state index in [9.17, 15) is 5.11 Å². The highest BCUT2D eigenvalue weighted by Gasteiger charge is 2.24. The molecule has 0 aliphatic carbocycles. The normalized spacial score (nSPS) is 15.3. The van der Waals surface area contributed by atoms with E-state index in [1.807, 2.05) is 19.1 Å². The van der Waals surface area contributed by atoms with E-state index in [1.165, 1.54) is 0 Å². The Morgan fingerprint density at radius 2 is 2.17 bits per heavy atom. The maximum absolute atomic E-state index is 10.4. The first-order valence-corrected chi connectivity index (χ1v) is 6.21. The Morgan fingerprint density at radius 3 is 2.89 bits per heavy atom. The Hall–Kier alpha value is -1.45. The molecule has 4 heteroatoms. The van der Waals surface area contributed by atoms with E-state index >= 15 is 0 Å². The number of aryl methyl sites for hydroxylation is 1. The molecule has 3 rings (SSSR count). The molecule has 1 N–H and O–H groups in total. The van der Waals surface area contributed by atoms with Crippen molar-refractivity contribution in [3.63, 3.8) is 0 Å². The molecule has 1 aromatic carbocycles. The molecule has 0 saturated carbocycles. The Kier molecular flexibility index (Phi) is 2.80. The van der Waals surface area contributed by atoms with Crippen molar-refractivity contribution in [2.75, 3.05) is 6.61 Å². The number of ether oxygens (including phenoxy) is 1. The summed E-state index contributed by atoms with van der Waals surface area (Å²) in [5.74, 6) is 1.52. The smallest absolute Gasteiger partial charge is 0.128 e. The van der Waals surface area contributed by atoms with Crippen molar-refractivity contribution in [1.82, 2.24) is 0 Å². The molecule has 0 fully saturated rings. The number of hydrogen-bond donors (Lipinski definition) is 1. The minimum absolute atomic E-state index is 0.619. The molecule has 0 bridgehead atoms. The maximum Gasteiger partial charge on any atom is 0.128 e. The predicted molar refractivity (Wildman–Crippen MR) is 68.2 cm³/mol. The second-order valence-corrected chi connectivity index (χ2v) is 4.91. The van der Waals surface area contributed by atoms with Crippen molar-refractivity contribution in [3.05, 3.63) is 51.9 Å². The lowest BCUT2D eigenvalue weighted by Crippen LogP contribution is -2.01. The first kappa shape index (κ1) is 11.6. The molecule has 0 amide bonds. The van der Waals surface area contributed by atoms with E-state index in [4.69, 9.17) is 20.8 Å². The van der Waals surface area contributed by atoms with Crippen molar-refractivity contribution < 1.29 is 14.3 Å². The fourth-order valence-corrected chi connectivity index (χ4v) is 2.54. The number of benzene rings is 1. The lowest BCUT2D eigenvalue weighted by Gasteiger charge is -2.13. The van der Waals surface area contributed by atoms with Gasteiger partial charge in [-0.05, 0) is 30.7 Å². The fourth-order valence-electron chi connectivity index (χ4n) is 2.29. The lowest BCUT2D eigenvalue weighted by molar-refractivity contribution is 0.213. The average Bonchev–Trinajstić information content (AvgIpc) is 2.95. The summed E-state index contributed by atoms with van der Waals surface area (Å²) in [7, 11) is 0. The van der Waals surface area contributed by atoms with E-state index < -0.39 is 6.10 Å².